The Balaban J connectivity index is 0.886. The van der Waals surface area contributed by atoms with Gasteiger partial charge in [0.15, 0.2) is 0 Å². The molecule has 0 unspecified atom stereocenters. The summed E-state index contributed by atoms with van der Waals surface area (Å²) in [5.74, 6) is 0. The van der Waals surface area contributed by atoms with Crippen LogP contribution in [0.25, 0.3) is 169 Å². The number of aryl methyl sites for hydroxylation is 1. The van der Waals surface area contributed by atoms with Crippen molar-refractivity contribution >= 4 is 114 Å². The van der Waals surface area contributed by atoms with Gasteiger partial charge >= 0.3 is 0 Å². The molecule has 16 rings (SSSR count). The van der Waals surface area contributed by atoms with Crippen molar-refractivity contribution < 1.29 is 0 Å². The van der Waals surface area contributed by atoms with Crippen LogP contribution in [0.2, 0.25) is 0 Å². The zero-order valence-corrected chi connectivity index (χ0v) is 43.4. The molecule has 0 aliphatic heterocycles. The summed E-state index contributed by atoms with van der Waals surface area (Å²) in [4.78, 5) is 0. The summed E-state index contributed by atoms with van der Waals surface area (Å²) in [7, 11) is 0. The molecule has 0 aliphatic rings. The maximum absolute atomic E-state index is 2.50. The van der Waals surface area contributed by atoms with Crippen LogP contribution in [-0.4, -0.2) is 0 Å². The van der Waals surface area contributed by atoms with Crippen LogP contribution >= 0.6 is 0 Å². The van der Waals surface area contributed by atoms with Crippen molar-refractivity contribution in [3.05, 3.63) is 272 Å². The monoisotopic (exact) mass is 986 g/mol. The molecule has 0 nitrogen and oxygen atoms in total. The Bertz CT molecular complexity index is 5230. The Hall–Kier alpha value is -9.88. The molecular weight excluding hydrogens is 937 g/mol. The lowest BCUT2D eigenvalue weighted by atomic mass is 9.82. The van der Waals surface area contributed by atoms with E-state index in [2.05, 4.69) is 281 Å². The Morgan fingerprint density at radius 2 is 0.577 bits per heavy atom. The average Bonchev–Trinajstić information content (AvgIpc) is 3.50. The van der Waals surface area contributed by atoms with E-state index in [1.54, 1.807) is 0 Å². The minimum atomic E-state index is 1.20. The molecule has 0 amide bonds. The summed E-state index contributed by atoms with van der Waals surface area (Å²) in [6.45, 7) is 4.41. The molecule has 0 saturated carbocycles. The van der Waals surface area contributed by atoms with Gasteiger partial charge in [0.2, 0.25) is 0 Å². The lowest BCUT2D eigenvalue weighted by Gasteiger charge is -2.21. The predicted molar refractivity (Wildman–Crippen MR) is 339 cm³/mol. The van der Waals surface area contributed by atoms with Gasteiger partial charge in [-0.15, -0.1) is 0 Å². The van der Waals surface area contributed by atoms with Gasteiger partial charge in [-0.2, -0.15) is 0 Å². The Labute approximate surface area is 452 Å². The molecule has 78 heavy (non-hydrogen) atoms. The minimum Gasteiger partial charge on any atom is -0.0791 e. The van der Waals surface area contributed by atoms with Crippen molar-refractivity contribution in [3.63, 3.8) is 0 Å². The van der Waals surface area contributed by atoms with Gasteiger partial charge in [0.1, 0.15) is 0 Å². The first-order valence-electron chi connectivity index (χ1n) is 27.3. The molecule has 0 aromatic heterocycles. The summed E-state index contributed by atoms with van der Waals surface area (Å²) >= 11 is 0. The van der Waals surface area contributed by atoms with Crippen LogP contribution in [0.5, 0.6) is 0 Å². The number of hydrogen-bond donors (Lipinski definition) is 0. The van der Waals surface area contributed by atoms with Gasteiger partial charge in [0, 0.05) is 0 Å². The number of rotatable bonds is 5. The predicted octanol–water partition coefficient (Wildman–Crippen LogP) is 21.4. The van der Waals surface area contributed by atoms with Gasteiger partial charge in [-0.3, -0.25) is 0 Å². The SMILES string of the molecule is C/C=c1/c2cccc3c(-c4ccc5cc(-c6c7ccccc7c(-c7ccc8c(-c9ccc%10ccccc%10c9)c9ccccc9c(-c9ccc%10ccccc%10c9)c8c7)c7ccccc67)ccc5c4)ccc(c4cccc(C)c14)c32. The molecule has 0 saturated heterocycles. The van der Waals surface area contributed by atoms with E-state index >= 15 is 0 Å². The standard InChI is InChI=1S/C78H50/c1-3-59-61-28-15-29-62-60(40-41-70(78(61)62)63-27-14-16-47(2)73(59)63)54-34-32-53-45-56(37-33-52(53)42-54)74-64-21-8-10-23-66(64)76(67-24-11-9-22-65(67)74)58-38-39-71-72(46-58)77(57-36-31-49-18-5-7-20-51(49)44-57)69-26-13-12-25-68(69)75(71)55-35-30-48-17-4-6-19-50(48)43-55/h3-46H,1-2H3/b59-3-. The molecule has 0 heteroatoms. The van der Waals surface area contributed by atoms with Crippen LogP contribution < -0.4 is 5.22 Å². The summed E-state index contributed by atoms with van der Waals surface area (Å²) < 4.78 is 0. The second-order valence-electron chi connectivity index (χ2n) is 21.4. The molecule has 0 N–H and O–H groups in total. The fraction of sp³-hybridized carbons (Fsp3) is 0.0256. The second-order valence-corrected chi connectivity index (χ2v) is 21.4. The maximum atomic E-state index is 2.50. The van der Waals surface area contributed by atoms with E-state index in [-0.39, 0.29) is 0 Å². The lowest BCUT2D eigenvalue weighted by molar-refractivity contribution is 1.53. The second kappa shape index (κ2) is 17.3. The molecule has 362 valence electrons. The van der Waals surface area contributed by atoms with Crippen molar-refractivity contribution in [3.8, 4) is 55.6 Å². The van der Waals surface area contributed by atoms with Crippen LogP contribution in [0, 0.1) is 6.92 Å². The van der Waals surface area contributed by atoms with Gasteiger partial charge in [0.25, 0.3) is 0 Å². The molecule has 0 heterocycles. The van der Waals surface area contributed by atoms with Crippen molar-refractivity contribution in [1.82, 2.24) is 0 Å². The molecule has 16 aromatic rings. The zero-order valence-electron chi connectivity index (χ0n) is 43.4. The first kappa shape index (κ1) is 44.4. The van der Waals surface area contributed by atoms with E-state index in [1.807, 2.05) is 0 Å². The van der Waals surface area contributed by atoms with Crippen LogP contribution in [0.3, 0.4) is 0 Å². The van der Waals surface area contributed by atoms with E-state index in [0.29, 0.717) is 0 Å². The molecule has 0 atom stereocenters. The number of hydrogen-bond acceptors (Lipinski definition) is 0. The lowest BCUT2D eigenvalue weighted by Crippen LogP contribution is -2.06. The molecule has 0 fully saturated rings. The number of benzene rings is 16. The topological polar surface area (TPSA) is 0 Å². The third kappa shape index (κ3) is 6.66. The van der Waals surface area contributed by atoms with Gasteiger partial charge in [-0.05, 0) is 218 Å². The minimum absolute atomic E-state index is 1.20. The smallest absolute Gasteiger partial charge is 0.00203 e. The third-order valence-corrected chi connectivity index (χ3v) is 17.2. The highest BCUT2D eigenvalue weighted by Crippen LogP contribution is 2.49. The normalized spacial score (nSPS) is 12.3. The van der Waals surface area contributed by atoms with E-state index in [1.165, 1.54) is 174 Å². The van der Waals surface area contributed by atoms with E-state index in [0.717, 1.165) is 0 Å². The van der Waals surface area contributed by atoms with E-state index < -0.39 is 0 Å². The van der Waals surface area contributed by atoms with Gasteiger partial charge < -0.3 is 0 Å². The highest BCUT2D eigenvalue weighted by Gasteiger charge is 2.22. The molecule has 0 aliphatic carbocycles. The Morgan fingerprint density at radius 1 is 0.231 bits per heavy atom. The summed E-state index contributed by atoms with van der Waals surface area (Å²) in [5, 5.41) is 26.6. The summed E-state index contributed by atoms with van der Waals surface area (Å²) in [6, 6.07) is 98.3. The van der Waals surface area contributed by atoms with Gasteiger partial charge in [0.05, 0.1) is 0 Å². The maximum Gasteiger partial charge on any atom is -0.00203 e. The zero-order chi connectivity index (χ0) is 51.6. The van der Waals surface area contributed by atoms with Crippen molar-refractivity contribution in [1.29, 1.82) is 0 Å². The highest BCUT2D eigenvalue weighted by atomic mass is 14.3. The van der Waals surface area contributed by atoms with Crippen molar-refractivity contribution in [2.45, 2.75) is 13.8 Å². The fourth-order valence-electron chi connectivity index (χ4n) is 13.8. The third-order valence-electron chi connectivity index (χ3n) is 17.2. The largest absolute Gasteiger partial charge is 0.0791 e. The first-order chi connectivity index (χ1) is 38.6. The summed E-state index contributed by atoms with van der Waals surface area (Å²) in [5.41, 5.74) is 13.7. The number of fused-ring (bicyclic) bond motifs is 9. The van der Waals surface area contributed by atoms with Gasteiger partial charge in [-0.1, -0.05) is 237 Å². The van der Waals surface area contributed by atoms with Crippen LogP contribution in [0.1, 0.15) is 12.5 Å². The van der Waals surface area contributed by atoms with Crippen LogP contribution in [-0.2, 0) is 0 Å². The first-order valence-corrected chi connectivity index (χ1v) is 27.3. The molecule has 0 spiro atoms. The summed E-state index contributed by atoms with van der Waals surface area (Å²) in [6.07, 6.45) is 2.29. The molecule has 0 bridgehead atoms. The highest BCUT2D eigenvalue weighted by molar-refractivity contribution is 6.27. The van der Waals surface area contributed by atoms with Crippen LogP contribution in [0.15, 0.2) is 261 Å². The van der Waals surface area contributed by atoms with Crippen molar-refractivity contribution in [2.24, 2.45) is 0 Å². The molecule has 16 aromatic carbocycles. The van der Waals surface area contributed by atoms with Crippen molar-refractivity contribution in [2.75, 3.05) is 0 Å². The molecule has 0 radical (unpaired) electrons. The van der Waals surface area contributed by atoms with Gasteiger partial charge in [-0.25, -0.2) is 0 Å². The fourth-order valence-corrected chi connectivity index (χ4v) is 13.8. The van der Waals surface area contributed by atoms with E-state index in [9.17, 15) is 0 Å². The quantitative estimate of drug-likeness (QED) is 0.119. The van der Waals surface area contributed by atoms with E-state index in [4.69, 9.17) is 0 Å². The Kier molecular flexibility index (Phi) is 9.87. The average molecular weight is 987 g/mol. The molecular formula is C78H50. The van der Waals surface area contributed by atoms with Crippen LogP contribution in [0.4, 0.5) is 0 Å². The Morgan fingerprint density at radius 3 is 1.12 bits per heavy atom.